The van der Waals surface area contributed by atoms with E-state index >= 15 is 0 Å². The second kappa shape index (κ2) is 7.11. The summed E-state index contributed by atoms with van der Waals surface area (Å²) >= 11 is 0. The lowest BCUT2D eigenvalue weighted by Crippen LogP contribution is -2.18. The average Bonchev–Trinajstić information content (AvgIpc) is 2.92. The summed E-state index contributed by atoms with van der Waals surface area (Å²) in [5.74, 6) is -0.564. The molecule has 0 aliphatic carbocycles. The molecule has 0 bridgehead atoms. The van der Waals surface area contributed by atoms with Crippen molar-refractivity contribution in [1.29, 1.82) is 5.26 Å². The minimum Gasteiger partial charge on any atom is -0.461 e. The summed E-state index contributed by atoms with van der Waals surface area (Å²) in [6.07, 6.45) is 1.43. The maximum atomic E-state index is 14.1. The molecule has 0 radical (unpaired) electrons. The molecular weight excluding hydrogens is 329 g/mol. The topological polar surface area (TPSA) is 106 Å². The van der Waals surface area contributed by atoms with Crippen molar-refractivity contribution >= 4 is 11.2 Å². The molecular formula is C16H14FN5O3. The zero-order valence-electron chi connectivity index (χ0n) is 13.3. The average molecular weight is 343 g/mol. The number of ether oxygens (including phenoxy) is 2. The molecule has 0 aliphatic rings. The van der Waals surface area contributed by atoms with Gasteiger partial charge in [-0.05, 0) is 12.1 Å². The van der Waals surface area contributed by atoms with Crippen LogP contribution in [0.5, 0.6) is 6.01 Å². The summed E-state index contributed by atoms with van der Waals surface area (Å²) in [6.45, 7) is 0.601. The van der Waals surface area contributed by atoms with Gasteiger partial charge in [0.05, 0.1) is 31.0 Å². The van der Waals surface area contributed by atoms with Gasteiger partial charge < -0.3 is 14.5 Å². The maximum absolute atomic E-state index is 14.1. The van der Waals surface area contributed by atoms with Crippen LogP contribution in [0.3, 0.4) is 0 Å². The number of nitrogens with zero attached hydrogens (tertiary/aromatic N) is 4. The molecule has 0 saturated heterocycles. The first-order valence-electron chi connectivity index (χ1n) is 7.38. The number of fused-ring (bicyclic) bond motifs is 1. The highest BCUT2D eigenvalue weighted by atomic mass is 19.1. The van der Waals surface area contributed by atoms with Crippen LogP contribution >= 0.6 is 0 Å². The molecule has 0 unspecified atom stereocenters. The number of nitrogens with one attached hydrogen (secondary N) is 1. The normalized spacial score (nSPS) is 10.8. The molecule has 2 heterocycles. The number of hydrogen-bond acceptors (Lipinski definition) is 6. The standard InChI is InChI=1S/C16H14FN5O3/c1-24-4-5-25-15-19-8-13-14(21-15)22(16(23)20-13)9-11-3-2-10(7-18)6-12(11)17/h2-3,6,8H,4-5,9H2,1H3,(H,20,23). The maximum Gasteiger partial charge on any atom is 0.328 e. The lowest BCUT2D eigenvalue weighted by Gasteiger charge is -2.06. The van der Waals surface area contributed by atoms with E-state index in [4.69, 9.17) is 14.7 Å². The van der Waals surface area contributed by atoms with Crippen LogP contribution in [0, 0.1) is 17.1 Å². The molecule has 0 saturated carbocycles. The largest absolute Gasteiger partial charge is 0.461 e. The lowest BCUT2D eigenvalue weighted by atomic mass is 10.1. The van der Waals surface area contributed by atoms with Gasteiger partial charge in [0.15, 0.2) is 5.65 Å². The van der Waals surface area contributed by atoms with Gasteiger partial charge in [0.1, 0.15) is 17.9 Å². The third-order valence-electron chi connectivity index (χ3n) is 3.52. The molecule has 128 valence electrons. The molecule has 0 amide bonds. The number of nitriles is 1. The van der Waals surface area contributed by atoms with E-state index in [9.17, 15) is 9.18 Å². The minimum atomic E-state index is -0.564. The fourth-order valence-electron chi connectivity index (χ4n) is 2.28. The first-order valence-corrected chi connectivity index (χ1v) is 7.38. The number of aromatic nitrogens is 4. The molecule has 3 aromatic rings. The number of imidazole rings is 1. The first-order chi connectivity index (χ1) is 12.1. The number of rotatable bonds is 6. The SMILES string of the molecule is COCCOc1ncc2[nH]c(=O)n(Cc3ccc(C#N)cc3F)c2n1. The monoisotopic (exact) mass is 343 g/mol. The predicted octanol–water partition coefficient (Wildman–Crippen LogP) is 1.20. The van der Waals surface area contributed by atoms with E-state index in [0.29, 0.717) is 17.8 Å². The van der Waals surface area contributed by atoms with Crippen molar-refractivity contribution in [3.05, 3.63) is 51.8 Å². The zero-order valence-corrected chi connectivity index (χ0v) is 13.3. The van der Waals surface area contributed by atoms with Gasteiger partial charge in [-0.15, -0.1) is 0 Å². The summed E-state index contributed by atoms with van der Waals surface area (Å²) in [5, 5.41) is 8.80. The Labute approximate surface area is 141 Å². The minimum absolute atomic E-state index is 0.0368. The van der Waals surface area contributed by atoms with E-state index in [1.165, 1.54) is 22.9 Å². The summed E-state index contributed by atoms with van der Waals surface area (Å²) in [5.41, 5.74) is 0.752. The zero-order chi connectivity index (χ0) is 17.8. The van der Waals surface area contributed by atoms with Gasteiger partial charge in [0, 0.05) is 12.7 Å². The van der Waals surface area contributed by atoms with E-state index in [2.05, 4.69) is 15.0 Å². The highest BCUT2D eigenvalue weighted by Gasteiger charge is 2.13. The highest BCUT2D eigenvalue weighted by Crippen LogP contribution is 2.15. The van der Waals surface area contributed by atoms with Crippen molar-refractivity contribution in [2.45, 2.75) is 6.54 Å². The second-order valence-corrected chi connectivity index (χ2v) is 5.17. The number of halogens is 1. The van der Waals surface area contributed by atoms with E-state index in [1.807, 2.05) is 6.07 Å². The molecule has 1 N–H and O–H groups in total. The first kappa shape index (κ1) is 16.6. The van der Waals surface area contributed by atoms with Crippen molar-refractivity contribution in [3.8, 4) is 12.1 Å². The molecule has 1 aromatic carbocycles. The van der Waals surface area contributed by atoms with Crippen LogP contribution < -0.4 is 10.4 Å². The molecule has 2 aromatic heterocycles. The summed E-state index contributed by atoms with van der Waals surface area (Å²) < 4.78 is 25.6. The Morgan fingerprint density at radius 3 is 2.96 bits per heavy atom. The van der Waals surface area contributed by atoms with Crippen molar-refractivity contribution in [3.63, 3.8) is 0 Å². The second-order valence-electron chi connectivity index (χ2n) is 5.17. The number of methoxy groups -OCH3 is 1. The van der Waals surface area contributed by atoms with Crippen LogP contribution in [-0.4, -0.2) is 39.8 Å². The number of H-pyrrole nitrogens is 1. The van der Waals surface area contributed by atoms with Gasteiger partial charge in [0.25, 0.3) is 0 Å². The van der Waals surface area contributed by atoms with E-state index < -0.39 is 11.5 Å². The van der Waals surface area contributed by atoms with Crippen molar-refractivity contribution in [1.82, 2.24) is 19.5 Å². The number of benzene rings is 1. The summed E-state index contributed by atoms with van der Waals surface area (Å²) in [7, 11) is 1.55. The number of aromatic amines is 1. The summed E-state index contributed by atoms with van der Waals surface area (Å²) in [6, 6.07) is 6.05. The summed E-state index contributed by atoms with van der Waals surface area (Å²) in [4.78, 5) is 23.0. The highest BCUT2D eigenvalue weighted by molar-refractivity contribution is 5.69. The Morgan fingerprint density at radius 1 is 1.40 bits per heavy atom. The lowest BCUT2D eigenvalue weighted by molar-refractivity contribution is 0.141. The van der Waals surface area contributed by atoms with Crippen molar-refractivity contribution in [2.24, 2.45) is 0 Å². The van der Waals surface area contributed by atoms with Crippen LogP contribution in [0.15, 0.2) is 29.2 Å². The molecule has 9 heteroatoms. The third kappa shape index (κ3) is 3.49. The van der Waals surface area contributed by atoms with Gasteiger partial charge >= 0.3 is 11.7 Å². The molecule has 0 aliphatic heterocycles. The Balaban J connectivity index is 1.95. The van der Waals surface area contributed by atoms with Gasteiger partial charge in [-0.1, -0.05) is 6.07 Å². The Bertz CT molecular complexity index is 1010. The molecule has 0 fully saturated rings. The third-order valence-corrected chi connectivity index (χ3v) is 3.52. The van der Waals surface area contributed by atoms with Crippen LogP contribution in [0.25, 0.3) is 11.2 Å². The van der Waals surface area contributed by atoms with Crippen molar-refractivity contribution in [2.75, 3.05) is 20.3 Å². The van der Waals surface area contributed by atoms with E-state index in [1.54, 1.807) is 7.11 Å². The van der Waals surface area contributed by atoms with Gasteiger partial charge in [-0.3, -0.25) is 4.57 Å². The van der Waals surface area contributed by atoms with Gasteiger partial charge in [-0.2, -0.15) is 10.2 Å². The predicted molar refractivity (Wildman–Crippen MR) is 85.7 cm³/mol. The molecule has 8 nitrogen and oxygen atoms in total. The van der Waals surface area contributed by atoms with E-state index in [-0.39, 0.29) is 30.3 Å². The van der Waals surface area contributed by atoms with Gasteiger partial charge in [-0.25, -0.2) is 14.2 Å². The Kier molecular flexibility index (Phi) is 4.72. The van der Waals surface area contributed by atoms with Crippen LogP contribution in [0.2, 0.25) is 0 Å². The molecule has 0 spiro atoms. The smallest absolute Gasteiger partial charge is 0.328 e. The van der Waals surface area contributed by atoms with Crippen molar-refractivity contribution < 1.29 is 13.9 Å². The van der Waals surface area contributed by atoms with Gasteiger partial charge in [0.2, 0.25) is 0 Å². The molecule has 0 atom stereocenters. The fourth-order valence-corrected chi connectivity index (χ4v) is 2.28. The molecule has 3 rings (SSSR count). The Hall–Kier alpha value is -3.25. The van der Waals surface area contributed by atoms with E-state index in [0.717, 1.165) is 6.07 Å². The number of hydrogen-bond donors (Lipinski definition) is 1. The Morgan fingerprint density at radius 2 is 2.24 bits per heavy atom. The van der Waals surface area contributed by atoms with Crippen LogP contribution in [0.1, 0.15) is 11.1 Å². The quantitative estimate of drug-likeness (QED) is 0.674. The van der Waals surface area contributed by atoms with Crippen LogP contribution in [0.4, 0.5) is 4.39 Å². The van der Waals surface area contributed by atoms with Crippen LogP contribution in [-0.2, 0) is 11.3 Å². The molecule has 25 heavy (non-hydrogen) atoms. The fraction of sp³-hybridized carbons (Fsp3) is 0.250.